The number of sulfonamides is 1. The molecule has 0 aliphatic heterocycles. The highest BCUT2D eigenvalue weighted by atomic mass is 32.2. The average Bonchev–Trinajstić information content (AvgIpc) is 2.68. The Labute approximate surface area is 89.1 Å². The zero-order valence-electron chi connectivity index (χ0n) is 8.56. The zero-order chi connectivity index (χ0) is 11.1. The second kappa shape index (κ2) is 5.84. The third-order valence-electron chi connectivity index (χ3n) is 1.75. The zero-order valence-corrected chi connectivity index (χ0v) is 9.38. The molecule has 0 bridgehead atoms. The molecule has 1 heterocycles. The van der Waals surface area contributed by atoms with Gasteiger partial charge in [-0.1, -0.05) is 0 Å². The van der Waals surface area contributed by atoms with Crippen molar-refractivity contribution in [2.24, 2.45) is 0 Å². The number of ether oxygens (including phenoxy) is 1. The number of H-pyrrole nitrogens is 1. The molecule has 86 valence electrons. The summed E-state index contributed by atoms with van der Waals surface area (Å²) in [5, 5.41) is 6.32. The summed E-state index contributed by atoms with van der Waals surface area (Å²) >= 11 is 0. The van der Waals surface area contributed by atoms with E-state index in [0.29, 0.717) is 6.61 Å². The fourth-order valence-corrected chi connectivity index (χ4v) is 1.82. The van der Waals surface area contributed by atoms with Crippen LogP contribution in [0.5, 0.6) is 0 Å². The SMILES string of the molecule is CCOCCS(=O)(=O)NCc1cn[nH]c1. The van der Waals surface area contributed by atoms with Crippen LogP contribution in [0.2, 0.25) is 0 Å². The minimum atomic E-state index is -3.25. The number of rotatable bonds is 7. The molecule has 2 N–H and O–H groups in total. The molecule has 0 spiro atoms. The van der Waals surface area contributed by atoms with Crippen molar-refractivity contribution in [1.29, 1.82) is 0 Å². The molecule has 0 radical (unpaired) electrons. The van der Waals surface area contributed by atoms with Crippen molar-refractivity contribution in [1.82, 2.24) is 14.9 Å². The molecule has 1 aromatic heterocycles. The summed E-state index contributed by atoms with van der Waals surface area (Å²) in [6.07, 6.45) is 3.22. The molecule has 0 aromatic carbocycles. The quantitative estimate of drug-likeness (QED) is 0.642. The van der Waals surface area contributed by atoms with Crippen LogP contribution in [0.3, 0.4) is 0 Å². The number of aromatic amines is 1. The first kappa shape index (κ1) is 12.2. The number of hydrogen-bond acceptors (Lipinski definition) is 4. The number of aromatic nitrogens is 2. The van der Waals surface area contributed by atoms with E-state index in [9.17, 15) is 8.42 Å². The summed E-state index contributed by atoms with van der Waals surface area (Å²) < 4.78 is 30.2. The second-order valence-corrected chi connectivity index (χ2v) is 4.87. The molecule has 0 fully saturated rings. The van der Waals surface area contributed by atoms with Gasteiger partial charge in [-0.05, 0) is 6.92 Å². The summed E-state index contributed by atoms with van der Waals surface area (Å²) in [6, 6.07) is 0. The Balaban J connectivity index is 2.30. The fourth-order valence-electron chi connectivity index (χ4n) is 0.953. The molecule has 0 amide bonds. The number of nitrogens with zero attached hydrogens (tertiary/aromatic N) is 1. The van der Waals surface area contributed by atoms with Crippen molar-refractivity contribution in [3.05, 3.63) is 18.0 Å². The predicted molar refractivity (Wildman–Crippen MR) is 55.7 cm³/mol. The monoisotopic (exact) mass is 233 g/mol. The molecule has 1 aromatic rings. The Morgan fingerprint density at radius 2 is 2.40 bits per heavy atom. The lowest BCUT2D eigenvalue weighted by molar-refractivity contribution is 0.163. The molecule has 0 aliphatic rings. The summed E-state index contributed by atoms with van der Waals surface area (Å²) in [5.41, 5.74) is 0.801. The Hall–Kier alpha value is -0.920. The molecule has 15 heavy (non-hydrogen) atoms. The van der Waals surface area contributed by atoms with Gasteiger partial charge in [-0.2, -0.15) is 5.10 Å². The van der Waals surface area contributed by atoms with Crippen LogP contribution in [0.25, 0.3) is 0 Å². The summed E-state index contributed by atoms with van der Waals surface area (Å²) in [4.78, 5) is 0. The van der Waals surface area contributed by atoms with Crippen LogP contribution >= 0.6 is 0 Å². The first-order valence-electron chi connectivity index (χ1n) is 4.67. The van der Waals surface area contributed by atoms with E-state index in [1.54, 1.807) is 12.4 Å². The van der Waals surface area contributed by atoms with Crippen LogP contribution in [0, 0.1) is 0 Å². The Kier molecular flexibility index (Phi) is 4.73. The van der Waals surface area contributed by atoms with Crippen molar-refractivity contribution in [3.8, 4) is 0 Å². The van der Waals surface area contributed by atoms with Gasteiger partial charge in [-0.25, -0.2) is 13.1 Å². The van der Waals surface area contributed by atoms with Gasteiger partial charge < -0.3 is 4.74 Å². The standard InChI is InChI=1S/C8H15N3O3S/c1-2-14-3-4-15(12,13)11-7-8-5-9-10-6-8/h5-6,11H,2-4,7H2,1H3,(H,9,10). The van der Waals surface area contributed by atoms with Crippen molar-refractivity contribution in [3.63, 3.8) is 0 Å². The van der Waals surface area contributed by atoms with Gasteiger partial charge in [0.15, 0.2) is 0 Å². The van der Waals surface area contributed by atoms with E-state index in [1.165, 1.54) is 0 Å². The van der Waals surface area contributed by atoms with E-state index >= 15 is 0 Å². The van der Waals surface area contributed by atoms with Crippen LogP contribution in [0.15, 0.2) is 12.4 Å². The van der Waals surface area contributed by atoms with E-state index in [-0.39, 0.29) is 18.9 Å². The van der Waals surface area contributed by atoms with E-state index in [4.69, 9.17) is 4.74 Å². The second-order valence-electron chi connectivity index (χ2n) is 2.94. The highest BCUT2D eigenvalue weighted by Crippen LogP contribution is 1.94. The van der Waals surface area contributed by atoms with Crippen molar-refractivity contribution in [2.75, 3.05) is 19.0 Å². The molecule has 0 atom stereocenters. The maximum absolute atomic E-state index is 11.4. The van der Waals surface area contributed by atoms with Gasteiger partial charge in [-0.3, -0.25) is 5.10 Å². The summed E-state index contributed by atoms with van der Waals surface area (Å²) in [7, 11) is -3.25. The minimum absolute atomic E-state index is 0.0152. The molecule has 7 heteroatoms. The highest BCUT2D eigenvalue weighted by Gasteiger charge is 2.09. The molecule has 0 saturated heterocycles. The van der Waals surface area contributed by atoms with Crippen molar-refractivity contribution >= 4 is 10.0 Å². The lowest BCUT2D eigenvalue weighted by Crippen LogP contribution is -2.27. The minimum Gasteiger partial charge on any atom is -0.381 e. The van der Waals surface area contributed by atoms with Gasteiger partial charge in [-0.15, -0.1) is 0 Å². The van der Waals surface area contributed by atoms with Gasteiger partial charge in [0, 0.05) is 24.9 Å². The Morgan fingerprint density at radius 3 is 3.00 bits per heavy atom. The molecular weight excluding hydrogens is 218 g/mol. The molecule has 0 saturated carbocycles. The average molecular weight is 233 g/mol. The fraction of sp³-hybridized carbons (Fsp3) is 0.625. The normalized spacial score (nSPS) is 11.8. The van der Waals surface area contributed by atoms with E-state index in [0.717, 1.165) is 5.56 Å². The summed E-state index contributed by atoms with van der Waals surface area (Å²) in [6.45, 7) is 2.82. The molecule has 0 unspecified atom stereocenters. The molecule has 1 rings (SSSR count). The van der Waals surface area contributed by atoms with Crippen LogP contribution < -0.4 is 4.72 Å². The van der Waals surface area contributed by atoms with Gasteiger partial charge in [0.1, 0.15) is 0 Å². The number of nitrogens with one attached hydrogen (secondary N) is 2. The van der Waals surface area contributed by atoms with Crippen molar-refractivity contribution < 1.29 is 13.2 Å². The Bertz CT molecular complexity index is 360. The highest BCUT2D eigenvalue weighted by molar-refractivity contribution is 7.89. The van der Waals surface area contributed by atoms with Crippen molar-refractivity contribution in [2.45, 2.75) is 13.5 Å². The van der Waals surface area contributed by atoms with Crippen LogP contribution in [-0.2, 0) is 21.3 Å². The smallest absolute Gasteiger partial charge is 0.214 e. The van der Waals surface area contributed by atoms with E-state index in [2.05, 4.69) is 14.9 Å². The van der Waals surface area contributed by atoms with Gasteiger partial charge in [0.2, 0.25) is 10.0 Å². The first-order valence-corrected chi connectivity index (χ1v) is 6.32. The lowest BCUT2D eigenvalue weighted by atomic mass is 10.4. The lowest BCUT2D eigenvalue weighted by Gasteiger charge is -2.05. The third kappa shape index (κ3) is 4.91. The third-order valence-corrected chi connectivity index (χ3v) is 3.04. The topological polar surface area (TPSA) is 84.1 Å². The predicted octanol–water partition coefficient (Wildman–Crippen LogP) is -0.134. The largest absolute Gasteiger partial charge is 0.381 e. The van der Waals surface area contributed by atoms with Gasteiger partial charge in [0.25, 0.3) is 0 Å². The number of hydrogen-bond donors (Lipinski definition) is 2. The molecular formula is C8H15N3O3S. The molecule has 6 nitrogen and oxygen atoms in total. The van der Waals surface area contributed by atoms with Crippen LogP contribution in [0.4, 0.5) is 0 Å². The maximum Gasteiger partial charge on any atom is 0.214 e. The Morgan fingerprint density at radius 1 is 1.60 bits per heavy atom. The summed E-state index contributed by atoms with van der Waals surface area (Å²) in [5.74, 6) is -0.0152. The molecule has 0 aliphatic carbocycles. The van der Waals surface area contributed by atoms with Gasteiger partial charge >= 0.3 is 0 Å². The van der Waals surface area contributed by atoms with Crippen LogP contribution in [0.1, 0.15) is 12.5 Å². The maximum atomic E-state index is 11.4. The first-order chi connectivity index (χ1) is 7.14. The van der Waals surface area contributed by atoms with E-state index in [1.807, 2.05) is 6.92 Å². The van der Waals surface area contributed by atoms with Crippen LogP contribution in [-0.4, -0.2) is 37.6 Å². The van der Waals surface area contributed by atoms with E-state index < -0.39 is 10.0 Å². The van der Waals surface area contributed by atoms with Gasteiger partial charge in [0.05, 0.1) is 18.6 Å².